The summed E-state index contributed by atoms with van der Waals surface area (Å²) in [4.78, 5) is 44.6. The van der Waals surface area contributed by atoms with E-state index in [9.17, 15) is 14.4 Å². The summed E-state index contributed by atoms with van der Waals surface area (Å²) < 4.78 is 4.79. The van der Waals surface area contributed by atoms with Crippen LogP contribution < -0.4 is 16.1 Å². The summed E-state index contributed by atoms with van der Waals surface area (Å²) in [6.07, 6.45) is 0. The first kappa shape index (κ1) is 25.6. The van der Waals surface area contributed by atoms with Crippen molar-refractivity contribution in [1.82, 2.24) is 10.4 Å². The van der Waals surface area contributed by atoms with Crippen molar-refractivity contribution >= 4 is 40.4 Å². The number of nitrogens with zero attached hydrogens (tertiary/aromatic N) is 1. The van der Waals surface area contributed by atoms with Crippen molar-refractivity contribution in [2.75, 3.05) is 45.0 Å². The van der Waals surface area contributed by atoms with Crippen molar-refractivity contribution in [1.29, 1.82) is 0 Å². The van der Waals surface area contributed by atoms with Crippen molar-refractivity contribution in [2.24, 2.45) is 0 Å². The van der Waals surface area contributed by atoms with Crippen molar-refractivity contribution in [3.05, 3.63) is 95.1 Å². The minimum atomic E-state index is -0.483. The topological polar surface area (TPSA) is 109 Å². The van der Waals surface area contributed by atoms with Gasteiger partial charge in [0.2, 0.25) is 0 Å². The third kappa shape index (κ3) is 6.03. The molecule has 0 aliphatic carbocycles. The van der Waals surface area contributed by atoms with Gasteiger partial charge in [-0.05, 0) is 56.1 Å². The van der Waals surface area contributed by atoms with E-state index in [4.69, 9.17) is 9.57 Å². The highest BCUT2D eigenvalue weighted by molar-refractivity contribution is 6.37. The third-order valence-corrected chi connectivity index (χ3v) is 5.72. The molecular weight excluding hydrogens is 472 g/mol. The molecule has 0 atom stereocenters. The molecule has 190 valence electrons. The summed E-state index contributed by atoms with van der Waals surface area (Å²) in [6.45, 7) is 1.05. The Morgan fingerprint density at radius 2 is 1.62 bits per heavy atom. The van der Waals surface area contributed by atoms with E-state index in [0.717, 1.165) is 5.56 Å². The van der Waals surface area contributed by atoms with Crippen LogP contribution in [0.1, 0.15) is 31.8 Å². The summed E-state index contributed by atoms with van der Waals surface area (Å²) in [5, 5.41) is 6.19. The molecule has 0 spiro atoms. The summed E-state index contributed by atoms with van der Waals surface area (Å²) in [5.74, 6) is -1.13. The number of fused-ring (bicyclic) bond motifs is 1. The number of esters is 1. The number of anilines is 2. The smallest absolute Gasteiger partial charge is 0.337 e. The van der Waals surface area contributed by atoms with Gasteiger partial charge in [0, 0.05) is 23.4 Å². The summed E-state index contributed by atoms with van der Waals surface area (Å²) in [6, 6.07) is 21.3. The Balaban J connectivity index is 1.62. The zero-order valence-corrected chi connectivity index (χ0v) is 20.8. The number of hydrogen-bond donors (Lipinski definition) is 3. The van der Waals surface area contributed by atoms with Gasteiger partial charge in [-0.3, -0.25) is 14.4 Å². The zero-order chi connectivity index (χ0) is 26.4. The van der Waals surface area contributed by atoms with E-state index in [1.165, 1.54) is 7.11 Å². The number of benzene rings is 3. The molecule has 9 heteroatoms. The lowest BCUT2D eigenvalue weighted by Gasteiger charge is -2.15. The molecule has 0 fully saturated rings. The maximum Gasteiger partial charge on any atom is 0.337 e. The Labute approximate surface area is 215 Å². The highest BCUT2D eigenvalue weighted by atomic mass is 16.7. The van der Waals surface area contributed by atoms with E-state index in [0.29, 0.717) is 52.5 Å². The minimum Gasteiger partial charge on any atom is -0.465 e. The van der Waals surface area contributed by atoms with Crippen LogP contribution in [-0.4, -0.2) is 57.0 Å². The molecule has 37 heavy (non-hydrogen) atoms. The summed E-state index contributed by atoms with van der Waals surface area (Å²) in [5.41, 5.74) is 6.92. The molecule has 2 amide bonds. The van der Waals surface area contributed by atoms with Crippen molar-refractivity contribution < 1.29 is 24.0 Å². The van der Waals surface area contributed by atoms with Gasteiger partial charge in [0.1, 0.15) is 0 Å². The number of likely N-dealkylation sites (N-methyl/N-ethyl adjacent to an activating group) is 1. The van der Waals surface area contributed by atoms with Gasteiger partial charge in [-0.15, -0.1) is 0 Å². The van der Waals surface area contributed by atoms with E-state index in [-0.39, 0.29) is 11.8 Å². The second kappa shape index (κ2) is 11.5. The molecule has 3 aromatic rings. The predicted molar refractivity (Wildman–Crippen MR) is 142 cm³/mol. The lowest BCUT2D eigenvalue weighted by atomic mass is 9.99. The lowest BCUT2D eigenvalue weighted by molar-refractivity contribution is -0.110. The molecule has 1 aliphatic rings. The van der Waals surface area contributed by atoms with Gasteiger partial charge >= 0.3 is 5.97 Å². The highest BCUT2D eigenvalue weighted by Gasteiger charge is 2.29. The van der Waals surface area contributed by atoms with Gasteiger partial charge in [-0.1, -0.05) is 36.4 Å². The van der Waals surface area contributed by atoms with Crippen molar-refractivity contribution in [3.63, 3.8) is 0 Å². The molecule has 3 N–H and O–H groups in total. The van der Waals surface area contributed by atoms with E-state index in [1.54, 1.807) is 42.5 Å². The van der Waals surface area contributed by atoms with Crippen LogP contribution >= 0.6 is 0 Å². The number of hydrogen-bond acceptors (Lipinski definition) is 7. The number of hydroxylamine groups is 1. The number of carbonyl (C=O) groups excluding carboxylic acids is 3. The monoisotopic (exact) mass is 500 g/mol. The van der Waals surface area contributed by atoms with E-state index < -0.39 is 5.97 Å². The SMILES string of the molecule is COC(=O)c1ccc2c(c1)NC(=O)/C2=C(/Nc1ccc(C(=O)NOCCN(C)C)cc1)c1ccccc1. The molecule has 1 aliphatic heterocycles. The fraction of sp³-hybridized carbons (Fsp3) is 0.179. The molecule has 4 rings (SSSR count). The molecule has 0 radical (unpaired) electrons. The standard InChI is InChI=1S/C28H28N4O5/c1-32(2)15-16-37-31-26(33)19-9-12-21(13-10-19)29-25(18-7-5-4-6-8-18)24-22-14-11-20(28(35)36-3)17-23(22)30-27(24)34/h4-14,17,29H,15-16H2,1-3H3,(H,30,34)(H,31,33)/b25-24+. The van der Waals surface area contributed by atoms with Crippen LogP contribution in [0.5, 0.6) is 0 Å². The highest BCUT2D eigenvalue weighted by Crippen LogP contribution is 2.38. The van der Waals surface area contributed by atoms with Crippen LogP contribution in [0.15, 0.2) is 72.8 Å². The third-order valence-electron chi connectivity index (χ3n) is 5.72. The maximum absolute atomic E-state index is 13.1. The molecular formula is C28H28N4O5. The Bertz CT molecular complexity index is 1330. The van der Waals surface area contributed by atoms with Gasteiger partial charge in [0.05, 0.1) is 36.2 Å². The molecule has 0 aromatic heterocycles. The van der Waals surface area contributed by atoms with Crippen molar-refractivity contribution in [3.8, 4) is 0 Å². The second-order valence-electron chi connectivity index (χ2n) is 8.61. The number of nitrogens with one attached hydrogen (secondary N) is 3. The molecule has 0 saturated heterocycles. The van der Waals surface area contributed by atoms with E-state index in [1.807, 2.05) is 49.3 Å². The van der Waals surface area contributed by atoms with Gasteiger partial charge in [0.25, 0.3) is 11.8 Å². The van der Waals surface area contributed by atoms with Crippen LogP contribution in [-0.2, 0) is 14.4 Å². The minimum absolute atomic E-state index is 0.297. The normalized spacial score (nSPS) is 13.6. The fourth-order valence-corrected chi connectivity index (χ4v) is 3.80. The van der Waals surface area contributed by atoms with E-state index in [2.05, 4.69) is 16.1 Å². The molecule has 0 unspecified atom stereocenters. The number of methoxy groups -OCH3 is 1. The summed E-state index contributed by atoms with van der Waals surface area (Å²) in [7, 11) is 5.15. The molecule has 3 aromatic carbocycles. The van der Waals surface area contributed by atoms with Crippen LogP contribution in [0.2, 0.25) is 0 Å². The average molecular weight is 501 g/mol. The maximum atomic E-state index is 13.1. The Hall–Kier alpha value is -4.47. The Morgan fingerprint density at radius 1 is 0.919 bits per heavy atom. The molecule has 0 bridgehead atoms. The van der Waals surface area contributed by atoms with E-state index >= 15 is 0 Å². The fourth-order valence-electron chi connectivity index (χ4n) is 3.80. The molecule has 1 heterocycles. The van der Waals surface area contributed by atoms with Gasteiger partial charge in [-0.25, -0.2) is 10.3 Å². The second-order valence-corrected chi connectivity index (χ2v) is 8.61. The first-order chi connectivity index (χ1) is 17.9. The first-order valence-electron chi connectivity index (χ1n) is 11.6. The number of rotatable bonds is 9. The van der Waals surface area contributed by atoms with Crippen molar-refractivity contribution in [2.45, 2.75) is 0 Å². The average Bonchev–Trinajstić information content (AvgIpc) is 3.24. The first-order valence-corrected chi connectivity index (χ1v) is 11.6. The number of ether oxygens (including phenoxy) is 1. The van der Waals surface area contributed by atoms with Crippen LogP contribution in [0.25, 0.3) is 11.3 Å². The lowest BCUT2D eigenvalue weighted by Crippen LogP contribution is -2.28. The number of carbonyl (C=O) groups is 3. The van der Waals surface area contributed by atoms with Gasteiger partial charge < -0.3 is 20.3 Å². The van der Waals surface area contributed by atoms with Crippen LogP contribution in [0.4, 0.5) is 11.4 Å². The largest absolute Gasteiger partial charge is 0.465 e. The number of amides is 2. The summed E-state index contributed by atoms with van der Waals surface area (Å²) >= 11 is 0. The van der Waals surface area contributed by atoms with Gasteiger partial charge in [0.15, 0.2) is 0 Å². The Morgan fingerprint density at radius 3 is 2.30 bits per heavy atom. The van der Waals surface area contributed by atoms with Gasteiger partial charge in [-0.2, -0.15) is 0 Å². The molecule has 0 saturated carbocycles. The quantitative estimate of drug-likeness (QED) is 0.178. The van der Waals surface area contributed by atoms with Crippen LogP contribution in [0.3, 0.4) is 0 Å². The van der Waals surface area contributed by atoms with Crippen LogP contribution in [0, 0.1) is 0 Å². The predicted octanol–water partition coefficient (Wildman–Crippen LogP) is 3.63. The zero-order valence-electron chi connectivity index (χ0n) is 20.8. The Kier molecular flexibility index (Phi) is 7.97. The molecule has 9 nitrogen and oxygen atoms in total.